The number of carbonyl (C=O) groups is 3. The van der Waals surface area contributed by atoms with Crippen molar-refractivity contribution in [2.45, 2.75) is 62.7 Å². The molecule has 8 heteroatoms. The Balaban J connectivity index is 1.49. The third-order valence-corrected chi connectivity index (χ3v) is 8.80. The molecule has 0 aromatic heterocycles. The second-order valence-electron chi connectivity index (χ2n) is 11.2. The summed E-state index contributed by atoms with van der Waals surface area (Å²) in [6.45, 7) is 8.55. The average molecular weight is 561 g/mol. The minimum absolute atomic E-state index is 0.127. The number of unbranched alkanes of at least 4 members (excludes halogenated alkanes) is 3. The minimum Gasteiger partial charge on any atom is -0.465 e. The van der Waals surface area contributed by atoms with E-state index < -0.39 is 35.6 Å². The third-order valence-electron chi connectivity index (χ3n) is 8.80. The van der Waals surface area contributed by atoms with Crippen molar-refractivity contribution in [2.24, 2.45) is 11.8 Å². The van der Waals surface area contributed by atoms with Gasteiger partial charge in [0.05, 0.1) is 24.5 Å². The first kappa shape index (κ1) is 29.0. The minimum atomic E-state index is -1.08. The van der Waals surface area contributed by atoms with Crippen LogP contribution in [0.3, 0.4) is 0 Å². The standard InChI is InChI=1S/C33H40N2O6/c1-3-5-21-40-32(39)27-26-16-17-33(41-26)28(27)30(37)35(19-10-6-7-11-20-36)29(33)31(38)34(18-4-2)25-15-14-23-12-8-9-13-24(23)22-25/h3-4,8-9,12-15,22,26-29,36H,1-2,5-7,10-11,16-21H2/t26-,27+,28-,29?,33?/m0/s1. The number of carbonyl (C=O) groups excluding carboxylic acids is 3. The van der Waals surface area contributed by atoms with Crippen molar-refractivity contribution in [2.75, 3.05) is 31.2 Å². The van der Waals surface area contributed by atoms with E-state index in [9.17, 15) is 14.4 Å². The average Bonchev–Trinajstić information content (AvgIpc) is 3.62. The first-order chi connectivity index (χ1) is 20.0. The van der Waals surface area contributed by atoms with E-state index in [4.69, 9.17) is 14.6 Å². The Morgan fingerprint density at radius 2 is 1.88 bits per heavy atom. The number of aliphatic hydroxyl groups is 1. The van der Waals surface area contributed by atoms with Crippen LogP contribution in [-0.2, 0) is 23.9 Å². The number of rotatable bonds is 14. The number of ether oxygens (including phenoxy) is 2. The highest BCUT2D eigenvalue weighted by molar-refractivity contribution is 6.05. The van der Waals surface area contributed by atoms with Gasteiger partial charge in [-0.05, 0) is 55.0 Å². The molecule has 5 rings (SSSR count). The number of benzene rings is 2. The van der Waals surface area contributed by atoms with E-state index in [2.05, 4.69) is 13.2 Å². The molecule has 2 amide bonds. The highest BCUT2D eigenvalue weighted by Crippen LogP contribution is 2.59. The Labute approximate surface area is 241 Å². The summed E-state index contributed by atoms with van der Waals surface area (Å²) in [6.07, 6.45) is 7.61. The molecule has 218 valence electrons. The maximum Gasteiger partial charge on any atom is 0.312 e. The Morgan fingerprint density at radius 1 is 1.10 bits per heavy atom. The van der Waals surface area contributed by atoms with Crippen LogP contribution in [0.15, 0.2) is 67.8 Å². The lowest BCUT2D eigenvalue weighted by atomic mass is 9.70. The molecule has 3 aliphatic heterocycles. The molecule has 3 heterocycles. The molecule has 3 fully saturated rings. The highest BCUT2D eigenvalue weighted by atomic mass is 16.6. The van der Waals surface area contributed by atoms with Gasteiger partial charge in [-0.2, -0.15) is 0 Å². The fourth-order valence-corrected chi connectivity index (χ4v) is 6.97. The normalized spacial score (nSPS) is 26.3. The summed E-state index contributed by atoms with van der Waals surface area (Å²) >= 11 is 0. The maximum atomic E-state index is 14.6. The SMILES string of the molecule is C=CCCOC(=O)[C@@H]1[C@@H]2CCC3(O2)C(C(=O)N(CC=C)c2ccc4ccccc4c2)N(CCCCCCO)C(=O)[C@H]13. The summed E-state index contributed by atoms with van der Waals surface area (Å²) in [6, 6.07) is 13.0. The predicted molar refractivity (Wildman–Crippen MR) is 157 cm³/mol. The smallest absolute Gasteiger partial charge is 0.312 e. The quantitative estimate of drug-likeness (QED) is 0.209. The van der Waals surface area contributed by atoms with Crippen LogP contribution in [0.2, 0.25) is 0 Å². The molecular formula is C33H40N2O6. The van der Waals surface area contributed by atoms with Crippen LogP contribution in [0.4, 0.5) is 5.69 Å². The first-order valence-corrected chi connectivity index (χ1v) is 14.7. The monoisotopic (exact) mass is 560 g/mol. The molecule has 1 N–H and O–H groups in total. The number of fused-ring (bicyclic) bond motifs is 2. The van der Waals surface area contributed by atoms with Crippen LogP contribution in [0.5, 0.6) is 0 Å². The Kier molecular flexibility index (Phi) is 8.90. The molecule has 5 atom stereocenters. The van der Waals surface area contributed by atoms with Crippen molar-refractivity contribution in [1.29, 1.82) is 0 Å². The molecule has 3 saturated heterocycles. The van der Waals surface area contributed by atoms with Gasteiger partial charge in [0.25, 0.3) is 5.91 Å². The fourth-order valence-electron chi connectivity index (χ4n) is 6.97. The van der Waals surface area contributed by atoms with Crippen molar-refractivity contribution in [1.82, 2.24) is 4.90 Å². The predicted octanol–water partition coefficient (Wildman–Crippen LogP) is 4.41. The molecule has 3 aliphatic rings. The van der Waals surface area contributed by atoms with Gasteiger partial charge in [-0.1, -0.05) is 55.3 Å². The zero-order valence-corrected chi connectivity index (χ0v) is 23.6. The molecule has 1 spiro atoms. The van der Waals surface area contributed by atoms with Gasteiger partial charge in [-0.15, -0.1) is 13.2 Å². The molecule has 0 aliphatic carbocycles. The van der Waals surface area contributed by atoms with E-state index in [-0.39, 0.29) is 31.6 Å². The molecule has 8 nitrogen and oxygen atoms in total. The van der Waals surface area contributed by atoms with Crippen LogP contribution < -0.4 is 4.90 Å². The van der Waals surface area contributed by atoms with E-state index in [1.165, 1.54) is 0 Å². The summed E-state index contributed by atoms with van der Waals surface area (Å²) < 4.78 is 12.1. The van der Waals surface area contributed by atoms with Gasteiger partial charge in [0.15, 0.2) is 0 Å². The van der Waals surface area contributed by atoms with Crippen LogP contribution in [-0.4, -0.2) is 71.8 Å². The molecule has 2 aromatic carbocycles. The van der Waals surface area contributed by atoms with Crippen LogP contribution in [0.25, 0.3) is 10.8 Å². The van der Waals surface area contributed by atoms with E-state index >= 15 is 0 Å². The Morgan fingerprint density at radius 3 is 2.63 bits per heavy atom. The van der Waals surface area contributed by atoms with Gasteiger partial charge in [0.2, 0.25) is 5.91 Å². The summed E-state index contributed by atoms with van der Waals surface area (Å²) in [5, 5.41) is 11.2. The number of likely N-dealkylation sites (tertiary alicyclic amines) is 1. The molecule has 0 radical (unpaired) electrons. The lowest BCUT2D eigenvalue weighted by Crippen LogP contribution is -2.56. The summed E-state index contributed by atoms with van der Waals surface area (Å²) in [5.74, 6) is -2.37. The van der Waals surface area contributed by atoms with E-state index in [1.807, 2.05) is 42.5 Å². The number of hydrogen-bond donors (Lipinski definition) is 1. The zero-order chi connectivity index (χ0) is 29.0. The number of hydrogen-bond acceptors (Lipinski definition) is 6. The summed E-state index contributed by atoms with van der Waals surface area (Å²) in [7, 11) is 0. The second kappa shape index (κ2) is 12.6. The lowest BCUT2D eigenvalue weighted by Gasteiger charge is -2.37. The maximum absolute atomic E-state index is 14.6. The van der Waals surface area contributed by atoms with E-state index in [0.717, 1.165) is 29.3 Å². The number of esters is 1. The van der Waals surface area contributed by atoms with Crippen LogP contribution in [0.1, 0.15) is 44.9 Å². The Hall–Kier alpha value is -3.49. The molecule has 2 unspecified atom stereocenters. The van der Waals surface area contributed by atoms with Gasteiger partial charge in [0, 0.05) is 25.4 Å². The van der Waals surface area contributed by atoms with Crippen molar-refractivity contribution in [3.63, 3.8) is 0 Å². The van der Waals surface area contributed by atoms with E-state index in [1.54, 1.807) is 22.0 Å². The highest BCUT2D eigenvalue weighted by Gasteiger charge is 2.75. The van der Waals surface area contributed by atoms with Gasteiger partial charge in [-0.25, -0.2) is 0 Å². The zero-order valence-electron chi connectivity index (χ0n) is 23.6. The van der Waals surface area contributed by atoms with Crippen molar-refractivity contribution in [3.05, 3.63) is 67.8 Å². The fraction of sp³-hybridized carbons (Fsp3) is 0.485. The molecule has 41 heavy (non-hydrogen) atoms. The van der Waals surface area contributed by atoms with Gasteiger partial charge in [0.1, 0.15) is 11.6 Å². The summed E-state index contributed by atoms with van der Waals surface area (Å²) in [5.41, 5.74) is -0.362. The first-order valence-electron chi connectivity index (χ1n) is 14.7. The van der Waals surface area contributed by atoms with Gasteiger partial charge in [-0.3, -0.25) is 14.4 Å². The van der Waals surface area contributed by atoms with Crippen LogP contribution in [0, 0.1) is 11.8 Å². The molecule has 2 bridgehead atoms. The van der Waals surface area contributed by atoms with Crippen molar-refractivity contribution >= 4 is 34.2 Å². The number of aliphatic hydroxyl groups excluding tert-OH is 1. The third kappa shape index (κ3) is 5.31. The molecule has 0 saturated carbocycles. The topological polar surface area (TPSA) is 96.4 Å². The number of amides is 2. The molecular weight excluding hydrogens is 520 g/mol. The van der Waals surface area contributed by atoms with Gasteiger partial charge >= 0.3 is 5.97 Å². The Bertz CT molecular complexity index is 1310. The number of anilines is 1. The second-order valence-corrected chi connectivity index (χ2v) is 11.2. The van der Waals surface area contributed by atoms with Crippen molar-refractivity contribution < 1.29 is 29.0 Å². The van der Waals surface area contributed by atoms with Crippen molar-refractivity contribution in [3.8, 4) is 0 Å². The molecule has 2 aromatic rings. The van der Waals surface area contributed by atoms with Crippen LogP contribution >= 0.6 is 0 Å². The number of nitrogens with zero attached hydrogens (tertiary/aromatic N) is 2. The summed E-state index contributed by atoms with van der Waals surface area (Å²) in [4.78, 5) is 45.3. The largest absolute Gasteiger partial charge is 0.465 e. The van der Waals surface area contributed by atoms with E-state index in [0.29, 0.717) is 38.6 Å². The lowest BCUT2D eigenvalue weighted by molar-refractivity contribution is -0.155. The van der Waals surface area contributed by atoms with Gasteiger partial charge < -0.3 is 24.4 Å².